The minimum absolute atomic E-state index is 0.204. The summed E-state index contributed by atoms with van der Waals surface area (Å²) in [5.41, 5.74) is 0.248. The maximum absolute atomic E-state index is 12.1. The molecule has 0 aliphatic carbocycles. The molecular formula is C19H32N4O2. The number of aliphatic hydroxyl groups excluding tert-OH is 1. The summed E-state index contributed by atoms with van der Waals surface area (Å²) in [5.74, 6) is 1.36. The molecule has 1 atom stereocenters. The van der Waals surface area contributed by atoms with Gasteiger partial charge in [0.15, 0.2) is 0 Å². The number of β-amino-alcohol motifs (C(OH)–C–C–N with tert-alkyl or cyclic N) is 1. The first kappa shape index (κ1) is 18.4. The van der Waals surface area contributed by atoms with Gasteiger partial charge in [-0.15, -0.1) is 0 Å². The summed E-state index contributed by atoms with van der Waals surface area (Å²) < 4.78 is 2.26. The zero-order valence-electron chi connectivity index (χ0n) is 15.7. The number of carbonyl (C=O) groups is 1. The number of aromatic nitrogens is 2. The van der Waals surface area contributed by atoms with Gasteiger partial charge in [0, 0.05) is 38.4 Å². The van der Waals surface area contributed by atoms with Crippen LogP contribution < -0.4 is 0 Å². The van der Waals surface area contributed by atoms with Gasteiger partial charge in [0.05, 0.1) is 12.6 Å². The molecule has 1 N–H and O–H groups in total. The van der Waals surface area contributed by atoms with Gasteiger partial charge in [-0.25, -0.2) is 4.98 Å². The summed E-state index contributed by atoms with van der Waals surface area (Å²) in [7, 11) is 0. The second-order valence-electron chi connectivity index (χ2n) is 7.94. The quantitative estimate of drug-likeness (QED) is 0.853. The van der Waals surface area contributed by atoms with E-state index in [-0.39, 0.29) is 11.3 Å². The molecule has 25 heavy (non-hydrogen) atoms. The van der Waals surface area contributed by atoms with Crippen LogP contribution in [0.25, 0.3) is 0 Å². The normalized spacial score (nSPS) is 22.5. The lowest BCUT2D eigenvalue weighted by Crippen LogP contribution is -2.52. The van der Waals surface area contributed by atoms with E-state index in [1.807, 2.05) is 11.1 Å². The number of carbonyl (C=O) groups excluding carboxylic acids is 1. The summed E-state index contributed by atoms with van der Waals surface area (Å²) in [6, 6.07) is 0. The van der Waals surface area contributed by atoms with E-state index >= 15 is 0 Å². The number of nitrogens with zero attached hydrogens (tertiary/aromatic N) is 4. The van der Waals surface area contributed by atoms with E-state index in [2.05, 4.69) is 27.6 Å². The Kier molecular flexibility index (Phi) is 5.79. The van der Waals surface area contributed by atoms with Crippen molar-refractivity contribution >= 4 is 5.91 Å². The van der Waals surface area contributed by atoms with Crippen molar-refractivity contribution in [2.45, 2.75) is 65.1 Å². The average Bonchev–Trinajstić information content (AvgIpc) is 3.00. The van der Waals surface area contributed by atoms with Crippen LogP contribution in [0, 0.1) is 5.41 Å². The highest BCUT2D eigenvalue weighted by Gasteiger charge is 2.41. The first-order valence-electron chi connectivity index (χ1n) is 9.69. The standard InChI is InChI=1S/C19H32N4O2/c1-3-9-22-12-8-20-17(22)14-21-10-6-19(7-11-21)5-4-18(25)23(15-19)13-16(2)24/h8,12,16,24H,3-7,9-11,13-15H2,1-2H3/t16-/m1/s1. The Bertz CT molecular complexity index is 576. The van der Waals surface area contributed by atoms with E-state index in [0.29, 0.717) is 13.0 Å². The van der Waals surface area contributed by atoms with Crippen molar-refractivity contribution in [3.63, 3.8) is 0 Å². The topological polar surface area (TPSA) is 61.6 Å². The average molecular weight is 348 g/mol. The van der Waals surface area contributed by atoms with Crippen molar-refractivity contribution in [3.05, 3.63) is 18.2 Å². The lowest BCUT2D eigenvalue weighted by atomic mass is 9.72. The molecule has 6 nitrogen and oxygen atoms in total. The highest BCUT2D eigenvalue weighted by atomic mass is 16.3. The van der Waals surface area contributed by atoms with E-state index in [4.69, 9.17) is 0 Å². The van der Waals surface area contributed by atoms with Crippen LogP contribution in [0.4, 0.5) is 0 Å². The first-order chi connectivity index (χ1) is 12.0. The molecule has 1 amide bonds. The molecule has 0 radical (unpaired) electrons. The highest BCUT2D eigenvalue weighted by molar-refractivity contribution is 5.77. The van der Waals surface area contributed by atoms with Crippen molar-refractivity contribution in [2.75, 3.05) is 26.2 Å². The summed E-state index contributed by atoms with van der Waals surface area (Å²) >= 11 is 0. The molecule has 2 fully saturated rings. The summed E-state index contributed by atoms with van der Waals surface area (Å²) in [4.78, 5) is 21.0. The molecular weight excluding hydrogens is 316 g/mol. The van der Waals surface area contributed by atoms with Crippen molar-refractivity contribution in [1.82, 2.24) is 19.4 Å². The fraction of sp³-hybridized carbons (Fsp3) is 0.789. The van der Waals surface area contributed by atoms with Gasteiger partial charge < -0.3 is 14.6 Å². The Hall–Kier alpha value is -1.40. The Balaban J connectivity index is 1.55. The van der Waals surface area contributed by atoms with Crippen LogP contribution in [-0.2, 0) is 17.9 Å². The van der Waals surface area contributed by atoms with Gasteiger partial charge in [0.25, 0.3) is 0 Å². The smallest absolute Gasteiger partial charge is 0.222 e. The molecule has 3 heterocycles. The first-order valence-corrected chi connectivity index (χ1v) is 9.69. The van der Waals surface area contributed by atoms with Gasteiger partial charge >= 0.3 is 0 Å². The molecule has 0 saturated carbocycles. The Morgan fingerprint density at radius 2 is 2.08 bits per heavy atom. The van der Waals surface area contributed by atoms with Gasteiger partial charge in [-0.1, -0.05) is 6.92 Å². The lowest BCUT2D eigenvalue weighted by Gasteiger charge is -2.47. The zero-order valence-corrected chi connectivity index (χ0v) is 15.7. The van der Waals surface area contributed by atoms with Crippen LogP contribution in [0.3, 0.4) is 0 Å². The maximum atomic E-state index is 12.1. The van der Waals surface area contributed by atoms with Gasteiger partial charge in [-0.2, -0.15) is 0 Å². The molecule has 140 valence electrons. The third-order valence-corrected chi connectivity index (χ3v) is 5.78. The number of piperidine rings is 2. The van der Waals surface area contributed by atoms with E-state index in [0.717, 1.165) is 64.2 Å². The zero-order chi connectivity index (χ0) is 17.9. The molecule has 1 aromatic rings. The summed E-state index contributed by atoms with van der Waals surface area (Å²) in [6.07, 6.45) is 8.54. The van der Waals surface area contributed by atoms with Gasteiger partial charge in [0.2, 0.25) is 5.91 Å². The number of aliphatic hydroxyl groups is 1. The maximum Gasteiger partial charge on any atom is 0.222 e. The Morgan fingerprint density at radius 3 is 2.76 bits per heavy atom. The second kappa shape index (κ2) is 7.87. The van der Waals surface area contributed by atoms with Gasteiger partial charge in [0.1, 0.15) is 5.82 Å². The predicted molar refractivity (Wildman–Crippen MR) is 97.0 cm³/mol. The monoisotopic (exact) mass is 348 g/mol. The van der Waals surface area contributed by atoms with Gasteiger partial charge in [-0.3, -0.25) is 9.69 Å². The number of hydrogen-bond donors (Lipinski definition) is 1. The van der Waals surface area contributed by atoms with Crippen LogP contribution in [0.5, 0.6) is 0 Å². The molecule has 2 saturated heterocycles. The van der Waals surface area contributed by atoms with E-state index in [1.165, 1.54) is 0 Å². The highest BCUT2D eigenvalue weighted by Crippen LogP contribution is 2.40. The molecule has 2 aliphatic rings. The van der Waals surface area contributed by atoms with Crippen LogP contribution in [0.2, 0.25) is 0 Å². The SMILES string of the molecule is CCCn1ccnc1CN1CCC2(CCC(=O)N(C[C@@H](C)O)C2)CC1. The number of amides is 1. The van der Waals surface area contributed by atoms with Crippen LogP contribution in [0.1, 0.15) is 51.8 Å². The minimum atomic E-state index is -0.448. The van der Waals surface area contributed by atoms with Crippen molar-refractivity contribution in [3.8, 4) is 0 Å². The number of hydrogen-bond acceptors (Lipinski definition) is 4. The molecule has 0 unspecified atom stereocenters. The molecule has 6 heteroatoms. The predicted octanol–water partition coefficient (Wildman–Crippen LogP) is 1.88. The summed E-state index contributed by atoms with van der Waals surface area (Å²) in [6.45, 7) is 9.31. The fourth-order valence-electron chi connectivity index (χ4n) is 4.32. The third-order valence-electron chi connectivity index (χ3n) is 5.78. The number of likely N-dealkylation sites (tertiary alicyclic amines) is 2. The Labute approximate surface area is 150 Å². The van der Waals surface area contributed by atoms with Gasteiger partial charge in [-0.05, 0) is 51.1 Å². The summed E-state index contributed by atoms with van der Waals surface area (Å²) in [5, 5.41) is 9.65. The van der Waals surface area contributed by atoms with Crippen LogP contribution in [-0.4, -0.2) is 62.6 Å². The minimum Gasteiger partial charge on any atom is -0.392 e. The molecule has 1 spiro atoms. The molecule has 0 aromatic carbocycles. The molecule has 1 aromatic heterocycles. The van der Waals surface area contributed by atoms with E-state index in [9.17, 15) is 9.90 Å². The largest absolute Gasteiger partial charge is 0.392 e. The molecule has 3 rings (SSSR count). The van der Waals surface area contributed by atoms with Crippen molar-refractivity contribution < 1.29 is 9.90 Å². The van der Waals surface area contributed by atoms with Crippen molar-refractivity contribution in [2.24, 2.45) is 5.41 Å². The number of rotatable bonds is 6. The number of imidazole rings is 1. The van der Waals surface area contributed by atoms with Crippen LogP contribution >= 0.6 is 0 Å². The fourth-order valence-corrected chi connectivity index (χ4v) is 4.32. The van der Waals surface area contributed by atoms with E-state index < -0.39 is 6.10 Å². The Morgan fingerprint density at radius 1 is 1.32 bits per heavy atom. The number of aryl methyl sites for hydroxylation is 1. The molecule has 2 aliphatic heterocycles. The second-order valence-corrected chi connectivity index (χ2v) is 7.94. The van der Waals surface area contributed by atoms with Crippen molar-refractivity contribution in [1.29, 1.82) is 0 Å². The van der Waals surface area contributed by atoms with E-state index in [1.54, 1.807) is 6.92 Å². The third kappa shape index (κ3) is 4.42. The molecule has 0 bridgehead atoms. The lowest BCUT2D eigenvalue weighted by molar-refractivity contribution is -0.140. The van der Waals surface area contributed by atoms with Crippen LogP contribution in [0.15, 0.2) is 12.4 Å².